The number of nitrogens with zero attached hydrogens (tertiary/aromatic N) is 1. The Labute approximate surface area is 193 Å². The molecule has 1 aromatic heterocycles. The topological polar surface area (TPSA) is 73.1 Å². The second-order valence-corrected chi connectivity index (χ2v) is 8.44. The molecule has 2 aromatic carbocycles. The van der Waals surface area contributed by atoms with Gasteiger partial charge in [0.1, 0.15) is 5.58 Å². The highest BCUT2D eigenvalue weighted by Gasteiger charge is 2.15. The quantitative estimate of drug-likeness (QED) is 0.260. The molecule has 0 fully saturated rings. The van der Waals surface area contributed by atoms with Crippen LogP contribution >= 0.6 is 47.8 Å². The predicted octanol–water partition coefficient (Wildman–Crippen LogP) is 6.28. The van der Waals surface area contributed by atoms with E-state index in [9.17, 15) is 4.79 Å². The number of amides is 1. The highest BCUT2D eigenvalue weighted by Crippen LogP contribution is 2.36. The van der Waals surface area contributed by atoms with E-state index in [1.54, 1.807) is 12.1 Å². The van der Waals surface area contributed by atoms with E-state index in [2.05, 4.69) is 58.3 Å². The highest BCUT2D eigenvalue weighted by molar-refractivity contribution is 9.11. The molecule has 9 heteroatoms. The number of nitrogens with one attached hydrogen (secondary N) is 1. The van der Waals surface area contributed by atoms with E-state index in [1.807, 2.05) is 32.0 Å². The average molecular weight is 589 g/mol. The fourth-order valence-corrected chi connectivity index (χ4v) is 4.53. The van der Waals surface area contributed by atoms with Crippen molar-refractivity contribution in [1.29, 1.82) is 0 Å². The maximum absolute atomic E-state index is 12.4. The van der Waals surface area contributed by atoms with Crippen molar-refractivity contribution in [2.45, 2.75) is 13.8 Å². The third-order valence-electron chi connectivity index (χ3n) is 3.76. The molecule has 0 atom stereocenters. The van der Waals surface area contributed by atoms with Gasteiger partial charge >= 0.3 is 5.91 Å². The fourth-order valence-electron chi connectivity index (χ4n) is 2.62. The zero-order chi connectivity index (χ0) is 21.0. The Morgan fingerprint density at radius 2 is 1.83 bits per heavy atom. The molecule has 0 unspecified atom stereocenters. The van der Waals surface area contributed by atoms with Crippen molar-refractivity contribution in [3.8, 4) is 11.5 Å². The van der Waals surface area contributed by atoms with E-state index in [0.717, 1.165) is 24.4 Å². The van der Waals surface area contributed by atoms with E-state index in [0.29, 0.717) is 30.3 Å². The standard InChI is InChI=1S/C20H17Br3N2O4/c1-3-27-16-6-11(5-14(22)19(16)28-4-2)10-24-25-20(26)17-8-12-7-13(21)9-15(23)18(12)29-17/h5-10H,3-4H2,1-2H3,(H,25,26)/b24-10-. The van der Waals surface area contributed by atoms with Crippen molar-refractivity contribution in [1.82, 2.24) is 5.43 Å². The van der Waals surface area contributed by atoms with Crippen molar-refractivity contribution in [2.24, 2.45) is 5.10 Å². The number of hydrogen-bond acceptors (Lipinski definition) is 5. The normalized spacial score (nSPS) is 11.2. The average Bonchev–Trinajstić information content (AvgIpc) is 3.09. The van der Waals surface area contributed by atoms with Crippen LogP contribution in [0.25, 0.3) is 11.0 Å². The molecule has 1 amide bonds. The lowest BCUT2D eigenvalue weighted by Crippen LogP contribution is -2.16. The zero-order valence-electron chi connectivity index (χ0n) is 15.6. The smallest absolute Gasteiger partial charge is 0.307 e. The largest absolute Gasteiger partial charge is 0.490 e. The molecule has 6 nitrogen and oxygen atoms in total. The molecule has 0 aliphatic carbocycles. The Morgan fingerprint density at radius 3 is 2.55 bits per heavy atom. The van der Waals surface area contributed by atoms with Crippen molar-refractivity contribution in [3.63, 3.8) is 0 Å². The Kier molecular flexibility index (Phi) is 7.37. The number of carbonyl (C=O) groups is 1. The van der Waals surface area contributed by atoms with E-state index in [1.165, 1.54) is 6.21 Å². The fraction of sp³-hybridized carbons (Fsp3) is 0.200. The lowest BCUT2D eigenvalue weighted by atomic mass is 10.2. The molecule has 29 heavy (non-hydrogen) atoms. The second-order valence-electron chi connectivity index (χ2n) is 5.81. The Balaban J connectivity index is 1.77. The summed E-state index contributed by atoms with van der Waals surface area (Å²) in [4.78, 5) is 12.4. The van der Waals surface area contributed by atoms with Gasteiger partial charge in [-0.05, 0) is 81.6 Å². The summed E-state index contributed by atoms with van der Waals surface area (Å²) >= 11 is 10.3. The van der Waals surface area contributed by atoms with Crippen molar-refractivity contribution >= 4 is 70.9 Å². The van der Waals surface area contributed by atoms with Gasteiger partial charge in [0, 0.05) is 9.86 Å². The summed E-state index contributed by atoms with van der Waals surface area (Å²) in [6, 6.07) is 9.02. The third kappa shape index (κ3) is 5.21. The minimum Gasteiger partial charge on any atom is -0.490 e. The van der Waals surface area contributed by atoms with Gasteiger partial charge in [-0.3, -0.25) is 4.79 Å². The van der Waals surface area contributed by atoms with Crippen LogP contribution in [0.4, 0.5) is 0 Å². The van der Waals surface area contributed by atoms with E-state index < -0.39 is 5.91 Å². The van der Waals surface area contributed by atoms with E-state index in [4.69, 9.17) is 13.9 Å². The van der Waals surface area contributed by atoms with Crippen LogP contribution in [0.3, 0.4) is 0 Å². The summed E-state index contributed by atoms with van der Waals surface area (Å²) in [6.45, 7) is 4.82. The van der Waals surface area contributed by atoms with Crippen LogP contribution in [0.2, 0.25) is 0 Å². The molecule has 0 aliphatic rings. The Hall–Kier alpha value is -1.84. The Bertz CT molecular complexity index is 1080. The predicted molar refractivity (Wildman–Crippen MR) is 123 cm³/mol. The number of hydrazone groups is 1. The van der Waals surface area contributed by atoms with Gasteiger partial charge < -0.3 is 13.9 Å². The van der Waals surface area contributed by atoms with Gasteiger partial charge in [-0.2, -0.15) is 5.10 Å². The number of benzene rings is 2. The van der Waals surface area contributed by atoms with Crippen LogP contribution in [0, 0.1) is 0 Å². The molecular formula is C20H17Br3N2O4. The summed E-state index contributed by atoms with van der Waals surface area (Å²) in [5.41, 5.74) is 3.81. The van der Waals surface area contributed by atoms with Gasteiger partial charge in [-0.1, -0.05) is 15.9 Å². The van der Waals surface area contributed by atoms with E-state index in [-0.39, 0.29) is 5.76 Å². The van der Waals surface area contributed by atoms with Crippen LogP contribution < -0.4 is 14.9 Å². The van der Waals surface area contributed by atoms with Gasteiger partial charge in [0.25, 0.3) is 0 Å². The number of halogens is 3. The maximum Gasteiger partial charge on any atom is 0.307 e. The summed E-state index contributed by atoms with van der Waals surface area (Å²) < 4.78 is 19.3. The maximum atomic E-state index is 12.4. The minimum atomic E-state index is -0.449. The first kappa shape index (κ1) is 21.9. The number of hydrogen-bond donors (Lipinski definition) is 1. The van der Waals surface area contributed by atoms with E-state index >= 15 is 0 Å². The van der Waals surface area contributed by atoms with Gasteiger partial charge in [-0.25, -0.2) is 5.43 Å². The third-order valence-corrected chi connectivity index (χ3v) is 5.40. The molecule has 152 valence electrons. The summed E-state index contributed by atoms with van der Waals surface area (Å²) in [5, 5.41) is 4.83. The molecular weight excluding hydrogens is 572 g/mol. The second kappa shape index (κ2) is 9.77. The monoisotopic (exact) mass is 586 g/mol. The molecule has 1 heterocycles. The van der Waals surface area contributed by atoms with Crippen molar-refractivity contribution in [2.75, 3.05) is 13.2 Å². The Morgan fingerprint density at radius 1 is 1.07 bits per heavy atom. The van der Waals surface area contributed by atoms with Crippen LogP contribution in [0.5, 0.6) is 11.5 Å². The van der Waals surface area contributed by atoms with Crippen LogP contribution in [-0.4, -0.2) is 25.3 Å². The van der Waals surface area contributed by atoms with Crippen LogP contribution in [-0.2, 0) is 0 Å². The number of rotatable bonds is 7. The van der Waals surface area contributed by atoms with Crippen LogP contribution in [0.15, 0.2) is 53.3 Å². The van der Waals surface area contributed by atoms with Gasteiger partial charge in [0.05, 0.1) is 28.4 Å². The molecule has 0 spiro atoms. The van der Waals surface area contributed by atoms with Crippen LogP contribution in [0.1, 0.15) is 30.0 Å². The SMILES string of the molecule is CCOc1cc(/C=N\NC(=O)c2cc3cc(Br)cc(Br)c3o2)cc(Br)c1OCC. The first-order valence-electron chi connectivity index (χ1n) is 8.74. The highest BCUT2D eigenvalue weighted by atomic mass is 79.9. The molecule has 0 radical (unpaired) electrons. The number of carbonyl (C=O) groups excluding carboxylic acids is 1. The minimum absolute atomic E-state index is 0.166. The zero-order valence-corrected chi connectivity index (χ0v) is 20.4. The lowest BCUT2D eigenvalue weighted by Gasteiger charge is -2.13. The molecule has 1 N–H and O–H groups in total. The molecule has 3 rings (SSSR count). The summed E-state index contributed by atoms with van der Waals surface area (Å²) in [7, 11) is 0. The van der Waals surface area contributed by atoms with Crippen molar-refractivity contribution < 1.29 is 18.7 Å². The molecule has 0 saturated carbocycles. The summed E-state index contributed by atoms with van der Waals surface area (Å²) in [6.07, 6.45) is 1.52. The number of furan rings is 1. The van der Waals surface area contributed by atoms with Gasteiger partial charge in [0.15, 0.2) is 17.3 Å². The number of ether oxygens (including phenoxy) is 2. The lowest BCUT2D eigenvalue weighted by molar-refractivity contribution is 0.0929. The molecule has 0 aliphatic heterocycles. The number of fused-ring (bicyclic) bond motifs is 1. The van der Waals surface area contributed by atoms with Gasteiger partial charge in [0.2, 0.25) is 0 Å². The summed E-state index contributed by atoms with van der Waals surface area (Å²) in [5.74, 6) is 0.952. The van der Waals surface area contributed by atoms with Crippen molar-refractivity contribution in [3.05, 3.63) is 55.1 Å². The first-order chi connectivity index (χ1) is 13.9. The molecule has 3 aromatic rings. The van der Waals surface area contributed by atoms with Gasteiger partial charge in [-0.15, -0.1) is 0 Å². The molecule has 0 bridgehead atoms. The molecule has 0 saturated heterocycles. The first-order valence-corrected chi connectivity index (χ1v) is 11.1.